The van der Waals surface area contributed by atoms with E-state index in [0.29, 0.717) is 17.0 Å². The number of amides is 1. The van der Waals surface area contributed by atoms with E-state index in [9.17, 15) is 14.9 Å². The summed E-state index contributed by atoms with van der Waals surface area (Å²) in [7, 11) is 0. The first-order chi connectivity index (χ1) is 24.0. The number of fused-ring (bicyclic) bond motifs is 2. The molecule has 0 bridgehead atoms. The molecule has 4 aromatic rings. The maximum atomic E-state index is 12.9. The second kappa shape index (κ2) is 20.6. The normalized spacial score (nSPS) is 12.4. The molecule has 0 radical (unpaired) electrons. The summed E-state index contributed by atoms with van der Waals surface area (Å²) in [6.07, 6.45) is 25.5. The number of nitrogens with one attached hydrogen (secondary N) is 1. The highest BCUT2D eigenvalue weighted by Crippen LogP contribution is 2.32. The number of pyridine rings is 1. The van der Waals surface area contributed by atoms with Crippen molar-refractivity contribution < 1.29 is 14.7 Å². The van der Waals surface area contributed by atoms with Crippen molar-refractivity contribution in [3.8, 4) is 6.07 Å². The van der Waals surface area contributed by atoms with Crippen molar-refractivity contribution in [2.45, 2.75) is 109 Å². The maximum absolute atomic E-state index is 12.9. The summed E-state index contributed by atoms with van der Waals surface area (Å²) < 4.78 is 1.53. The SMILES string of the molecule is CCCCCCCC/C=C\CCCC(CCCC/C=C(\C#N)c1cn(C(=O)CCNC(=O)O)c2ccccc12)c1nccc2ccccc12. The van der Waals surface area contributed by atoms with Crippen LogP contribution in [-0.4, -0.2) is 33.2 Å². The molecule has 7 nitrogen and oxygen atoms in total. The lowest BCUT2D eigenvalue weighted by Gasteiger charge is -2.18. The topological polar surface area (TPSA) is 108 Å². The first-order valence-corrected chi connectivity index (χ1v) is 18.2. The number of rotatable bonds is 21. The monoisotopic (exact) mass is 660 g/mol. The lowest BCUT2D eigenvalue weighted by molar-refractivity contribution is 0.0908. The zero-order chi connectivity index (χ0) is 34.7. The Bertz CT molecular complexity index is 1740. The summed E-state index contributed by atoms with van der Waals surface area (Å²) in [4.78, 5) is 28.7. The number of carbonyl (C=O) groups is 2. The van der Waals surface area contributed by atoms with Crippen molar-refractivity contribution in [3.63, 3.8) is 0 Å². The highest BCUT2D eigenvalue weighted by Gasteiger charge is 2.17. The summed E-state index contributed by atoms with van der Waals surface area (Å²) in [5, 5.41) is 24.5. The third-order valence-electron chi connectivity index (χ3n) is 9.27. The van der Waals surface area contributed by atoms with E-state index in [2.05, 4.69) is 60.8 Å². The molecule has 2 heterocycles. The maximum Gasteiger partial charge on any atom is 0.404 e. The molecule has 7 heteroatoms. The van der Waals surface area contributed by atoms with Crippen molar-refractivity contribution in [1.29, 1.82) is 5.26 Å². The molecule has 0 aliphatic heterocycles. The van der Waals surface area contributed by atoms with Crippen LogP contribution in [0, 0.1) is 11.3 Å². The predicted octanol–water partition coefficient (Wildman–Crippen LogP) is 11.2. The minimum atomic E-state index is -1.16. The van der Waals surface area contributed by atoms with Crippen LogP contribution in [-0.2, 0) is 0 Å². The van der Waals surface area contributed by atoms with Gasteiger partial charge in [0.05, 0.1) is 22.9 Å². The molecule has 1 atom stereocenters. The fourth-order valence-corrected chi connectivity index (χ4v) is 6.64. The van der Waals surface area contributed by atoms with Gasteiger partial charge >= 0.3 is 6.09 Å². The highest BCUT2D eigenvalue weighted by molar-refractivity contribution is 6.01. The Morgan fingerprint density at radius 2 is 1.57 bits per heavy atom. The van der Waals surface area contributed by atoms with Crippen molar-refractivity contribution in [2.24, 2.45) is 0 Å². The van der Waals surface area contributed by atoms with Gasteiger partial charge in [-0.25, -0.2) is 4.79 Å². The number of nitriles is 1. The molecule has 0 aliphatic rings. The first kappa shape index (κ1) is 37.1. The van der Waals surface area contributed by atoms with Crippen LogP contribution in [0.2, 0.25) is 0 Å². The van der Waals surface area contributed by atoms with Gasteiger partial charge in [-0.15, -0.1) is 0 Å². The standard InChI is InChI=1S/C42H52N4O3/c1-2-3-4-5-6-7-8-9-10-11-13-21-34(41-36-24-17-16-20-33(36)27-29-44-41)22-14-12-15-23-35(31-43)38-32-46(39-26-19-18-25-37(38)39)40(47)28-30-45-42(48)49/h9-10,16-20,23-27,29,32,34,45H,2-8,11-15,21-22,28,30H2,1H3,(H,48,49)/b10-9-,35-23+. The van der Waals surface area contributed by atoms with Crippen LogP contribution >= 0.6 is 0 Å². The van der Waals surface area contributed by atoms with E-state index < -0.39 is 6.09 Å². The van der Waals surface area contributed by atoms with E-state index in [-0.39, 0.29) is 18.9 Å². The zero-order valence-corrected chi connectivity index (χ0v) is 29.1. The second-order valence-electron chi connectivity index (χ2n) is 12.9. The summed E-state index contributed by atoms with van der Waals surface area (Å²) >= 11 is 0. The van der Waals surface area contributed by atoms with E-state index >= 15 is 0 Å². The number of carboxylic acid groups (broad SMARTS) is 1. The number of hydrogen-bond acceptors (Lipinski definition) is 4. The van der Waals surface area contributed by atoms with Crippen LogP contribution in [0.1, 0.15) is 125 Å². The molecule has 0 saturated heterocycles. The van der Waals surface area contributed by atoms with E-state index in [1.807, 2.05) is 36.5 Å². The fourth-order valence-electron chi connectivity index (χ4n) is 6.64. The van der Waals surface area contributed by atoms with Crippen LogP contribution in [0.5, 0.6) is 0 Å². The number of hydrogen-bond donors (Lipinski definition) is 2. The summed E-state index contributed by atoms with van der Waals surface area (Å²) in [5.74, 6) is 0.145. The first-order valence-electron chi connectivity index (χ1n) is 18.2. The Labute approximate surface area is 291 Å². The lowest BCUT2D eigenvalue weighted by atomic mass is 9.89. The summed E-state index contributed by atoms with van der Waals surface area (Å²) in [5.41, 5.74) is 3.17. The molecule has 0 spiro atoms. The van der Waals surface area contributed by atoms with Gasteiger partial charge < -0.3 is 10.4 Å². The Morgan fingerprint density at radius 1 is 0.878 bits per heavy atom. The van der Waals surface area contributed by atoms with Crippen molar-refractivity contribution in [3.05, 3.63) is 96.5 Å². The van der Waals surface area contributed by atoms with E-state index in [4.69, 9.17) is 10.1 Å². The molecule has 0 fully saturated rings. The third-order valence-corrected chi connectivity index (χ3v) is 9.27. The Morgan fingerprint density at radius 3 is 2.37 bits per heavy atom. The van der Waals surface area contributed by atoms with Gasteiger partial charge in [0.25, 0.3) is 0 Å². The number of carbonyl (C=O) groups excluding carboxylic acids is 1. The molecule has 2 aromatic heterocycles. The van der Waals surface area contributed by atoms with Crippen molar-refractivity contribution >= 4 is 39.2 Å². The van der Waals surface area contributed by atoms with Gasteiger partial charge in [-0.05, 0) is 68.9 Å². The number of allylic oxidation sites excluding steroid dienone is 4. The minimum Gasteiger partial charge on any atom is -0.465 e. The largest absolute Gasteiger partial charge is 0.465 e. The van der Waals surface area contributed by atoms with E-state index in [1.54, 1.807) is 6.20 Å². The van der Waals surface area contributed by atoms with E-state index in [1.165, 1.54) is 66.0 Å². The molecule has 258 valence electrons. The van der Waals surface area contributed by atoms with Gasteiger partial charge in [0.1, 0.15) is 0 Å². The molecule has 1 unspecified atom stereocenters. The van der Waals surface area contributed by atoms with E-state index in [0.717, 1.165) is 55.9 Å². The van der Waals surface area contributed by atoms with Crippen LogP contribution in [0.15, 0.2) is 85.2 Å². The van der Waals surface area contributed by atoms with Crippen LogP contribution in [0.25, 0.3) is 27.2 Å². The summed E-state index contributed by atoms with van der Waals surface area (Å²) in [6, 6.07) is 20.5. The van der Waals surface area contributed by atoms with Crippen LogP contribution in [0.4, 0.5) is 4.79 Å². The molecule has 4 rings (SSSR count). The van der Waals surface area contributed by atoms with Crippen molar-refractivity contribution in [2.75, 3.05) is 6.54 Å². The van der Waals surface area contributed by atoms with Crippen LogP contribution in [0.3, 0.4) is 0 Å². The van der Waals surface area contributed by atoms with Gasteiger partial charge in [-0.2, -0.15) is 5.26 Å². The highest BCUT2D eigenvalue weighted by atomic mass is 16.4. The summed E-state index contributed by atoms with van der Waals surface area (Å²) in [6.45, 7) is 2.29. The molecular weight excluding hydrogens is 608 g/mol. The quantitative estimate of drug-likeness (QED) is 0.0525. The third kappa shape index (κ3) is 11.5. The molecule has 2 N–H and O–H groups in total. The van der Waals surface area contributed by atoms with Gasteiger partial charge in [0.2, 0.25) is 5.91 Å². The lowest BCUT2D eigenvalue weighted by Crippen LogP contribution is -2.25. The smallest absolute Gasteiger partial charge is 0.404 e. The average Bonchev–Trinajstić information content (AvgIpc) is 3.50. The molecule has 1 amide bonds. The molecule has 0 aliphatic carbocycles. The average molecular weight is 661 g/mol. The zero-order valence-electron chi connectivity index (χ0n) is 29.1. The van der Waals surface area contributed by atoms with Gasteiger partial charge in [-0.1, -0.05) is 106 Å². The number of para-hydroxylation sites is 1. The molecular formula is C42H52N4O3. The number of nitrogens with zero attached hydrogens (tertiary/aromatic N) is 3. The number of aromatic nitrogens is 2. The molecule has 0 saturated carbocycles. The second-order valence-corrected chi connectivity index (χ2v) is 12.9. The van der Waals surface area contributed by atoms with Gasteiger partial charge in [0.15, 0.2) is 0 Å². The Hall–Kier alpha value is -4.70. The van der Waals surface area contributed by atoms with Crippen LogP contribution < -0.4 is 5.32 Å². The minimum absolute atomic E-state index is 0.0260. The fraction of sp³-hybridized carbons (Fsp3) is 0.429. The van der Waals surface area contributed by atoms with Gasteiger partial charge in [0, 0.05) is 47.6 Å². The Kier molecular flexibility index (Phi) is 15.6. The predicted molar refractivity (Wildman–Crippen MR) is 201 cm³/mol. The number of unbranched alkanes of at least 4 members (excludes halogenated alkanes) is 9. The van der Waals surface area contributed by atoms with Gasteiger partial charge in [-0.3, -0.25) is 14.3 Å². The van der Waals surface area contributed by atoms with Crippen molar-refractivity contribution in [1.82, 2.24) is 14.9 Å². The molecule has 2 aromatic carbocycles. The number of benzene rings is 2. The Balaban J connectivity index is 1.36. The molecule has 49 heavy (non-hydrogen) atoms.